The summed E-state index contributed by atoms with van der Waals surface area (Å²) in [5.41, 5.74) is 6.67. The first-order valence-electron chi connectivity index (χ1n) is 12.6. The number of primary amides is 1. The summed E-state index contributed by atoms with van der Waals surface area (Å²) in [6.07, 6.45) is 8.43. The molecule has 1 aliphatic carbocycles. The van der Waals surface area contributed by atoms with Crippen molar-refractivity contribution in [2.45, 2.75) is 75.8 Å². The summed E-state index contributed by atoms with van der Waals surface area (Å²) >= 11 is 0. The first-order chi connectivity index (χ1) is 17.3. The number of halogens is 1. The van der Waals surface area contributed by atoms with E-state index in [9.17, 15) is 19.2 Å². The fraction of sp³-hybridized carbons (Fsp3) is 0.577. The maximum atomic E-state index is 14.9. The monoisotopic (exact) mass is 496 g/mol. The number of esters is 1. The number of piperidine rings is 1. The van der Waals surface area contributed by atoms with Gasteiger partial charge in [0.1, 0.15) is 0 Å². The molecule has 1 saturated carbocycles. The fourth-order valence-electron chi connectivity index (χ4n) is 5.42. The van der Waals surface area contributed by atoms with Gasteiger partial charge in [-0.1, -0.05) is 25.3 Å². The van der Waals surface area contributed by atoms with Crippen LogP contribution in [0.25, 0.3) is 0 Å². The highest BCUT2D eigenvalue weighted by molar-refractivity contribution is 5.94. The minimum atomic E-state index is -0.690. The summed E-state index contributed by atoms with van der Waals surface area (Å²) in [5.74, 6) is -1.27. The predicted molar refractivity (Wildman–Crippen MR) is 129 cm³/mol. The highest BCUT2D eigenvalue weighted by atomic mass is 19.1. The van der Waals surface area contributed by atoms with Crippen LogP contribution >= 0.6 is 0 Å². The Kier molecular flexibility index (Phi) is 7.99. The Morgan fingerprint density at radius 1 is 1.25 bits per heavy atom. The number of ether oxygens (including phenoxy) is 1. The number of likely N-dealkylation sites (tertiary alicyclic amines) is 1. The van der Waals surface area contributed by atoms with E-state index in [1.165, 1.54) is 32.6 Å². The van der Waals surface area contributed by atoms with Crippen molar-refractivity contribution in [3.8, 4) is 6.07 Å². The molecule has 0 atom stereocenters. The van der Waals surface area contributed by atoms with Crippen molar-refractivity contribution >= 4 is 11.9 Å². The average Bonchev–Trinajstić information content (AvgIpc) is 3.32. The van der Waals surface area contributed by atoms with Crippen LogP contribution in [0.15, 0.2) is 18.3 Å². The van der Waals surface area contributed by atoms with Crippen LogP contribution in [0.1, 0.15) is 84.6 Å². The van der Waals surface area contributed by atoms with Crippen LogP contribution in [0.2, 0.25) is 0 Å². The van der Waals surface area contributed by atoms with Gasteiger partial charge in [-0.2, -0.15) is 14.8 Å². The lowest BCUT2D eigenvalue weighted by atomic mass is 9.84. The Morgan fingerprint density at radius 3 is 2.58 bits per heavy atom. The van der Waals surface area contributed by atoms with E-state index in [4.69, 9.17) is 10.5 Å². The summed E-state index contributed by atoms with van der Waals surface area (Å²) in [4.78, 5) is 30.2. The maximum absolute atomic E-state index is 14.9. The minimum absolute atomic E-state index is 0.145. The van der Waals surface area contributed by atoms with Crippen LogP contribution in [0.4, 0.5) is 4.39 Å². The van der Waals surface area contributed by atoms with Crippen molar-refractivity contribution in [3.05, 3.63) is 46.8 Å². The van der Waals surface area contributed by atoms with Crippen LogP contribution in [-0.2, 0) is 28.0 Å². The van der Waals surface area contributed by atoms with Crippen molar-refractivity contribution in [1.82, 2.24) is 19.7 Å². The van der Waals surface area contributed by atoms with E-state index in [0.717, 1.165) is 18.5 Å². The second-order valence-electron chi connectivity index (χ2n) is 9.91. The van der Waals surface area contributed by atoms with Gasteiger partial charge in [0.25, 0.3) is 5.91 Å². The molecule has 4 rings (SSSR count). The molecule has 0 spiro atoms. The average molecular weight is 497 g/mol. The molecule has 1 amide bonds. The molecule has 9 nitrogen and oxygen atoms in total. The molecule has 1 aliphatic heterocycles. The van der Waals surface area contributed by atoms with Crippen LogP contribution in [0.5, 0.6) is 0 Å². The molecule has 2 aromatic rings. The molecule has 0 unspecified atom stereocenters. The van der Waals surface area contributed by atoms with E-state index in [-0.39, 0.29) is 24.1 Å². The first kappa shape index (κ1) is 25.8. The Morgan fingerprint density at radius 2 is 1.97 bits per heavy atom. The second kappa shape index (κ2) is 11.2. The van der Waals surface area contributed by atoms with E-state index >= 15 is 0 Å². The number of rotatable bonds is 8. The SMILES string of the molecule is COC(=O)Cc1nn(C2(CC#N)CCN(Cc3ccc(C4CCCCC4)nc3F)CC2)cc1C(N)=O. The summed E-state index contributed by atoms with van der Waals surface area (Å²) in [7, 11) is 1.26. The van der Waals surface area contributed by atoms with E-state index in [1.807, 2.05) is 12.1 Å². The Balaban J connectivity index is 1.46. The third kappa shape index (κ3) is 5.57. The van der Waals surface area contributed by atoms with Gasteiger partial charge in [0.15, 0.2) is 0 Å². The number of pyridine rings is 1. The minimum Gasteiger partial charge on any atom is -0.469 e. The third-order valence-electron chi connectivity index (χ3n) is 7.64. The maximum Gasteiger partial charge on any atom is 0.311 e. The molecule has 2 aromatic heterocycles. The molecule has 0 bridgehead atoms. The molecular weight excluding hydrogens is 463 g/mol. The molecule has 2 N–H and O–H groups in total. The molecule has 2 aliphatic rings. The zero-order chi connectivity index (χ0) is 25.7. The van der Waals surface area contributed by atoms with Crippen molar-refractivity contribution < 1.29 is 18.7 Å². The van der Waals surface area contributed by atoms with Crippen molar-refractivity contribution in [2.75, 3.05) is 20.2 Å². The Labute approximate surface area is 210 Å². The van der Waals surface area contributed by atoms with Crippen LogP contribution in [0, 0.1) is 17.3 Å². The third-order valence-corrected chi connectivity index (χ3v) is 7.64. The summed E-state index contributed by atoms with van der Waals surface area (Å²) in [6, 6.07) is 6.07. The van der Waals surface area contributed by atoms with Gasteiger partial charge in [-0.3, -0.25) is 19.2 Å². The van der Waals surface area contributed by atoms with Crippen LogP contribution in [-0.4, -0.2) is 51.7 Å². The lowest BCUT2D eigenvalue weighted by Crippen LogP contribution is -2.46. The highest BCUT2D eigenvalue weighted by Crippen LogP contribution is 2.35. The molecule has 10 heteroatoms. The van der Waals surface area contributed by atoms with Crippen molar-refractivity contribution in [1.29, 1.82) is 5.26 Å². The normalized spacial score (nSPS) is 18.5. The number of amides is 1. The fourth-order valence-corrected chi connectivity index (χ4v) is 5.42. The van der Waals surface area contributed by atoms with Gasteiger partial charge < -0.3 is 10.5 Å². The van der Waals surface area contributed by atoms with E-state index in [2.05, 4.69) is 21.1 Å². The van der Waals surface area contributed by atoms with Gasteiger partial charge in [0.2, 0.25) is 5.95 Å². The predicted octanol–water partition coefficient (Wildman–Crippen LogP) is 3.18. The molecular formula is C26H33FN6O3. The number of aromatic nitrogens is 3. The molecule has 36 heavy (non-hydrogen) atoms. The Bertz CT molecular complexity index is 1140. The Hall–Kier alpha value is -3.32. The number of methoxy groups -OCH3 is 1. The number of nitriles is 1. The van der Waals surface area contributed by atoms with Gasteiger partial charge in [-0.05, 0) is 31.7 Å². The van der Waals surface area contributed by atoms with E-state index < -0.39 is 23.4 Å². The number of nitrogens with two attached hydrogens (primary N) is 1. The molecule has 3 heterocycles. The molecule has 0 radical (unpaired) electrons. The number of nitrogens with zero attached hydrogens (tertiary/aromatic N) is 5. The van der Waals surface area contributed by atoms with Crippen molar-refractivity contribution in [3.63, 3.8) is 0 Å². The second-order valence-corrected chi connectivity index (χ2v) is 9.91. The molecule has 2 fully saturated rings. The molecule has 1 saturated heterocycles. The van der Waals surface area contributed by atoms with Gasteiger partial charge in [0, 0.05) is 43.0 Å². The zero-order valence-electron chi connectivity index (χ0n) is 20.7. The standard InChI is InChI=1S/C26H33FN6O3/c1-36-23(34)15-22-20(25(29)35)17-33(31-22)26(9-12-28)10-13-32(14-11-26)16-19-7-8-21(30-24(19)27)18-5-3-2-4-6-18/h7-8,17-18H,2-6,9-11,13-16H2,1H3,(H2,29,35). The summed E-state index contributed by atoms with van der Waals surface area (Å²) in [5, 5.41) is 14.0. The van der Waals surface area contributed by atoms with Crippen LogP contribution in [0.3, 0.4) is 0 Å². The number of carbonyl (C=O) groups excluding carboxylic acids is 2. The number of hydrogen-bond acceptors (Lipinski definition) is 7. The number of carbonyl (C=O) groups is 2. The molecule has 192 valence electrons. The summed E-state index contributed by atoms with van der Waals surface area (Å²) in [6.45, 7) is 1.67. The first-order valence-corrected chi connectivity index (χ1v) is 12.6. The largest absolute Gasteiger partial charge is 0.469 e. The van der Waals surface area contributed by atoms with Gasteiger partial charge in [0.05, 0.1) is 42.8 Å². The van der Waals surface area contributed by atoms with Gasteiger partial charge >= 0.3 is 5.97 Å². The van der Waals surface area contributed by atoms with Crippen LogP contribution < -0.4 is 5.73 Å². The van der Waals surface area contributed by atoms with Gasteiger partial charge in [-0.15, -0.1) is 0 Å². The van der Waals surface area contributed by atoms with Gasteiger partial charge in [-0.25, -0.2) is 4.98 Å². The summed E-state index contributed by atoms with van der Waals surface area (Å²) < 4.78 is 21.2. The zero-order valence-corrected chi connectivity index (χ0v) is 20.7. The quantitative estimate of drug-likeness (QED) is 0.439. The molecule has 0 aromatic carbocycles. The van der Waals surface area contributed by atoms with Crippen molar-refractivity contribution in [2.24, 2.45) is 5.73 Å². The van der Waals surface area contributed by atoms with E-state index in [1.54, 1.807) is 4.68 Å². The van der Waals surface area contributed by atoms with E-state index in [0.29, 0.717) is 44.0 Å². The lowest BCUT2D eigenvalue weighted by molar-refractivity contribution is -0.139. The lowest BCUT2D eigenvalue weighted by Gasteiger charge is -2.40. The smallest absolute Gasteiger partial charge is 0.311 e. The highest BCUT2D eigenvalue weighted by Gasteiger charge is 2.38. The number of hydrogen-bond donors (Lipinski definition) is 1. The topological polar surface area (TPSA) is 127 Å².